The molecule has 2 N–H and O–H groups in total. The van der Waals surface area contributed by atoms with Crippen LogP contribution in [-0.2, 0) is 9.63 Å². The predicted octanol–water partition coefficient (Wildman–Crippen LogP) is 3.51. The van der Waals surface area contributed by atoms with Crippen LogP contribution in [0.4, 0.5) is 13.2 Å². The lowest BCUT2D eigenvalue weighted by molar-refractivity contribution is -0.169. The zero-order valence-electron chi connectivity index (χ0n) is 15.8. The Labute approximate surface area is 162 Å². The lowest BCUT2D eigenvalue weighted by Crippen LogP contribution is -2.57. The SMILES string of the molecule is O=C(NCC(F)(F)F)C12ONCC1CC1C3CCC4=CCC=CC4C3CCC12. The van der Waals surface area contributed by atoms with Crippen LogP contribution in [0.3, 0.4) is 0 Å². The predicted molar refractivity (Wildman–Crippen MR) is 96.7 cm³/mol. The highest BCUT2D eigenvalue weighted by Gasteiger charge is 2.66. The van der Waals surface area contributed by atoms with Gasteiger partial charge in [0.15, 0.2) is 5.60 Å². The van der Waals surface area contributed by atoms with E-state index in [9.17, 15) is 18.0 Å². The quantitative estimate of drug-likeness (QED) is 0.703. The molecule has 1 aliphatic heterocycles. The van der Waals surface area contributed by atoms with Crippen LogP contribution in [0.5, 0.6) is 0 Å². The van der Waals surface area contributed by atoms with Crippen molar-refractivity contribution in [3.05, 3.63) is 23.8 Å². The molecule has 0 bridgehead atoms. The van der Waals surface area contributed by atoms with Crippen molar-refractivity contribution < 1.29 is 22.8 Å². The Morgan fingerprint density at radius 3 is 2.93 bits per heavy atom. The van der Waals surface area contributed by atoms with Gasteiger partial charge >= 0.3 is 6.18 Å². The van der Waals surface area contributed by atoms with Gasteiger partial charge in [0.2, 0.25) is 0 Å². The molecule has 1 heterocycles. The largest absolute Gasteiger partial charge is 0.405 e. The first-order chi connectivity index (χ1) is 13.4. The molecule has 0 aromatic rings. The normalized spacial score (nSPS) is 44.2. The van der Waals surface area contributed by atoms with E-state index in [1.165, 1.54) is 0 Å². The number of amides is 1. The van der Waals surface area contributed by atoms with E-state index in [4.69, 9.17) is 4.84 Å². The summed E-state index contributed by atoms with van der Waals surface area (Å²) in [6.07, 6.45) is 8.57. The van der Waals surface area contributed by atoms with Crippen LogP contribution in [-0.4, -0.2) is 30.8 Å². The molecule has 0 spiro atoms. The summed E-state index contributed by atoms with van der Waals surface area (Å²) >= 11 is 0. The van der Waals surface area contributed by atoms with Crippen molar-refractivity contribution in [3.8, 4) is 0 Å². The van der Waals surface area contributed by atoms with Gasteiger partial charge < -0.3 is 5.32 Å². The summed E-state index contributed by atoms with van der Waals surface area (Å²) in [5.74, 6) is 1.38. The summed E-state index contributed by atoms with van der Waals surface area (Å²) < 4.78 is 38.0. The zero-order valence-corrected chi connectivity index (χ0v) is 15.8. The molecule has 4 fully saturated rings. The second-order valence-corrected chi connectivity index (χ2v) is 9.16. The van der Waals surface area contributed by atoms with Gasteiger partial charge in [-0.1, -0.05) is 23.8 Å². The van der Waals surface area contributed by atoms with Crippen molar-refractivity contribution in [1.29, 1.82) is 0 Å². The van der Waals surface area contributed by atoms with Gasteiger partial charge in [0.25, 0.3) is 5.91 Å². The average Bonchev–Trinajstić information content (AvgIpc) is 3.22. The first kappa shape index (κ1) is 18.7. The number of alkyl halides is 3. The van der Waals surface area contributed by atoms with Crippen LogP contribution in [0, 0.1) is 35.5 Å². The molecule has 154 valence electrons. The van der Waals surface area contributed by atoms with E-state index in [0.29, 0.717) is 30.2 Å². The molecule has 1 saturated heterocycles. The van der Waals surface area contributed by atoms with Crippen LogP contribution in [0.1, 0.15) is 38.5 Å². The number of nitrogens with one attached hydrogen (secondary N) is 2. The van der Waals surface area contributed by atoms with E-state index >= 15 is 0 Å². The van der Waals surface area contributed by atoms with Crippen LogP contribution in [0.25, 0.3) is 0 Å². The monoisotopic (exact) mass is 396 g/mol. The zero-order chi connectivity index (χ0) is 19.5. The molecule has 3 saturated carbocycles. The van der Waals surface area contributed by atoms with E-state index in [1.54, 1.807) is 5.57 Å². The van der Waals surface area contributed by atoms with Crippen LogP contribution in [0.15, 0.2) is 23.8 Å². The maximum Gasteiger partial charge on any atom is 0.405 e. The Morgan fingerprint density at radius 1 is 1.25 bits per heavy atom. The smallest absolute Gasteiger partial charge is 0.344 e. The van der Waals surface area contributed by atoms with Crippen molar-refractivity contribution in [2.24, 2.45) is 35.5 Å². The molecule has 7 heteroatoms. The van der Waals surface area contributed by atoms with E-state index in [-0.39, 0.29) is 11.8 Å². The molecule has 0 aromatic heterocycles. The number of carbonyl (C=O) groups is 1. The van der Waals surface area contributed by atoms with Gasteiger partial charge in [-0.15, -0.1) is 0 Å². The third-order valence-corrected chi connectivity index (χ3v) is 8.03. The van der Waals surface area contributed by atoms with Crippen LogP contribution in [0.2, 0.25) is 0 Å². The number of carbonyl (C=O) groups excluding carboxylic acids is 1. The number of hydrogen-bond acceptors (Lipinski definition) is 3. The minimum absolute atomic E-state index is 0.0000772. The second kappa shape index (κ2) is 6.59. The summed E-state index contributed by atoms with van der Waals surface area (Å²) in [7, 11) is 0. The Bertz CT molecular complexity index is 719. The van der Waals surface area contributed by atoms with Crippen molar-refractivity contribution in [1.82, 2.24) is 10.8 Å². The molecule has 1 amide bonds. The van der Waals surface area contributed by atoms with Gasteiger partial charge in [-0.25, -0.2) is 5.48 Å². The first-order valence-corrected chi connectivity index (χ1v) is 10.5. The Balaban J connectivity index is 1.39. The number of fused-ring (bicyclic) bond motifs is 7. The van der Waals surface area contributed by atoms with E-state index < -0.39 is 24.2 Å². The van der Waals surface area contributed by atoms with Gasteiger partial charge in [0, 0.05) is 24.3 Å². The molecule has 4 nitrogen and oxygen atoms in total. The van der Waals surface area contributed by atoms with Gasteiger partial charge in [0.05, 0.1) is 0 Å². The summed E-state index contributed by atoms with van der Waals surface area (Å²) in [6, 6.07) is 0. The fourth-order valence-corrected chi connectivity index (χ4v) is 7.07. The van der Waals surface area contributed by atoms with Gasteiger partial charge in [-0.3, -0.25) is 9.63 Å². The highest BCUT2D eigenvalue weighted by molar-refractivity contribution is 5.87. The van der Waals surface area contributed by atoms with Crippen molar-refractivity contribution >= 4 is 5.91 Å². The summed E-state index contributed by atoms with van der Waals surface area (Å²) in [5, 5.41) is 2.13. The molecule has 5 rings (SSSR count). The first-order valence-electron chi connectivity index (χ1n) is 10.5. The summed E-state index contributed by atoms with van der Waals surface area (Å²) in [4.78, 5) is 18.7. The van der Waals surface area contributed by atoms with Crippen molar-refractivity contribution in [2.45, 2.75) is 50.3 Å². The molecule has 28 heavy (non-hydrogen) atoms. The Kier molecular flexibility index (Phi) is 4.40. The number of allylic oxidation sites excluding steroid dienone is 4. The van der Waals surface area contributed by atoms with E-state index in [1.807, 2.05) is 0 Å². The molecule has 0 aromatic carbocycles. The van der Waals surface area contributed by atoms with Gasteiger partial charge in [0.1, 0.15) is 6.54 Å². The molecule has 7 unspecified atom stereocenters. The Hall–Kier alpha value is -1.34. The van der Waals surface area contributed by atoms with Gasteiger partial charge in [-0.2, -0.15) is 13.2 Å². The maximum atomic E-state index is 12.9. The number of hydroxylamine groups is 1. The third kappa shape index (κ3) is 2.76. The highest BCUT2D eigenvalue weighted by atomic mass is 19.4. The maximum absolute atomic E-state index is 12.9. The van der Waals surface area contributed by atoms with Crippen LogP contribution < -0.4 is 10.8 Å². The fourth-order valence-electron chi connectivity index (χ4n) is 7.07. The van der Waals surface area contributed by atoms with E-state index in [0.717, 1.165) is 38.5 Å². The molecule has 0 radical (unpaired) electrons. The lowest BCUT2D eigenvalue weighted by Gasteiger charge is -2.49. The number of hydrogen-bond donors (Lipinski definition) is 2. The van der Waals surface area contributed by atoms with Crippen molar-refractivity contribution in [2.75, 3.05) is 13.1 Å². The lowest BCUT2D eigenvalue weighted by atomic mass is 9.56. The molecule has 5 aliphatic rings. The summed E-state index contributed by atoms with van der Waals surface area (Å²) in [5.41, 5.74) is 3.26. The minimum Gasteiger partial charge on any atom is -0.344 e. The Morgan fingerprint density at radius 2 is 2.11 bits per heavy atom. The number of halogens is 3. The highest BCUT2D eigenvalue weighted by Crippen LogP contribution is 2.61. The second-order valence-electron chi connectivity index (χ2n) is 9.16. The van der Waals surface area contributed by atoms with Crippen LogP contribution >= 0.6 is 0 Å². The van der Waals surface area contributed by atoms with E-state index in [2.05, 4.69) is 29.0 Å². The molecule has 7 atom stereocenters. The molecular formula is C21H27F3N2O2. The standard InChI is InChI=1S/C21H27F3N2O2/c22-20(23,24)11-25-19(27)21-13(10-26-28-21)9-17-16-6-5-12-3-1-2-4-14(12)15(16)7-8-18(17)21/h2-4,13-18,26H,1,5-11H2,(H,25,27). The van der Waals surface area contributed by atoms with Gasteiger partial charge in [-0.05, 0) is 56.3 Å². The van der Waals surface area contributed by atoms with Crippen molar-refractivity contribution in [3.63, 3.8) is 0 Å². The third-order valence-electron chi connectivity index (χ3n) is 8.03. The number of rotatable bonds is 2. The fraction of sp³-hybridized carbons (Fsp3) is 0.762. The molecule has 4 aliphatic carbocycles. The topological polar surface area (TPSA) is 50.4 Å². The average molecular weight is 396 g/mol. The summed E-state index contributed by atoms with van der Waals surface area (Å²) in [6.45, 7) is -0.758. The minimum atomic E-state index is -4.41. The molecular weight excluding hydrogens is 369 g/mol.